The Morgan fingerprint density at radius 1 is 1.12 bits per heavy atom. The Labute approximate surface area is 148 Å². The number of halogens is 1. The van der Waals surface area contributed by atoms with Gasteiger partial charge in [-0.1, -0.05) is 38.0 Å². The maximum absolute atomic E-state index is 13.2. The molecule has 0 bridgehead atoms. The number of rotatable bonds is 8. The molecule has 25 heavy (non-hydrogen) atoms. The number of carboxylic acids is 1. The molecular weight excluding hydrogens is 319 g/mol. The zero-order valence-corrected chi connectivity index (χ0v) is 15.0. The fourth-order valence-corrected chi connectivity index (χ4v) is 2.81. The topological polar surface area (TPSA) is 46.5 Å². The molecule has 1 atom stereocenters. The Morgan fingerprint density at radius 3 is 2.36 bits per heavy atom. The molecule has 0 radical (unpaired) electrons. The van der Waals surface area contributed by atoms with E-state index in [9.17, 15) is 14.3 Å². The molecule has 3 nitrogen and oxygen atoms in total. The van der Waals surface area contributed by atoms with E-state index in [1.54, 1.807) is 12.1 Å². The van der Waals surface area contributed by atoms with Crippen LogP contribution in [0.2, 0.25) is 0 Å². The van der Waals surface area contributed by atoms with E-state index in [0.29, 0.717) is 12.2 Å². The lowest BCUT2D eigenvalue weighted by molar-refractivity contribution is -0.139. The predicted molar refractivity (Wildman–Crippen MR) is 97.5 cm³/mol. The fraction of sp³-hybridized carbons (Fsp3) is 0.381. The van der Waals surface area contributed by atoms with Crippen molar-refractivity contribution in [1.82, 2.24) is 0 Å². The van der Waals surface area contributed by atoms with Crippen LogP contribution in [0.25, 0.3) is 11.1 Å². The summed E-state index contributed by atoms with van der Waals surface area (Å²) in [6.07, 6.45) is 2.35. The van der Waals surface area contributed by atoms with E-state index in [4.69, 9.17) is 4.74 Å². The molecule has 0 spiro atoms. The quantitative estimate of drug-likeness (QED) is 0.674. The maximum atomic E-state index is 13.2. The van der Waals surface area contributed by atoms with Gasteiger partial charge in [-0.25, -0.2) is 4.39 Å². The first kappa shape index (κ1) is 19.0. The van der Waals surface area contributed by atoms with Gasteiger partial charge < -0.3 is 9.84 Å². The largest absolute Gasteiger partial charge is 0.491 e. The van der Waals surface area contributed by atoms with Crippen molar-refractivity contribution in [3.8, 4) is 16.9 Å². The highest BCUT2D eigenvalue weighted by atomic mass is 19.1. The summed E-state index contributed by atoms with van der Waals surface area (Å²) in [5.74, 6) is -1.07. The standard InChI is InChI=1S/C21H25FO3/c1-4-5-6-20(21(23)24)17-11-16(12-19(13-17)25-14(2)3)15-7-9-18(22)10-8-15/h7-14,20H,4-6H2,1-3H3,(H,23,24). The average Bonchev–Trinajstić information content (AvgIpc) is 2.54. The highest BCUT2D eigenvalue weighted by Gasteiger charge is 2.21. The number of hydrogen-bond donors (Lipinski definition) is 1. The Kier molecular flexibility index (Phi) is 6.57. The van der Waals surface area contributed by atoms with Crippen molar-refractivity contribution in [2.45, 2.75) is 52.1 Å². The van der Waals surface area contributed by atoms with Gasteiger partial charge in [-0.15, -0.1) is 0 Å². The first-order valence-corrected chi connectivity index (χ1v) is 8.71. The molecule has 2 aromatic rings. The molecule has 0 fully saturated rings. The van der Waals surface area contributed by atoms with Gasteiger partial charge in [-0.2, -0.15) is 0 Å². The maximum Gasteiger partial charge on any atom is 0.310 e. The van der Waals surface area contributed by atoms with Crippen molar-refractivity contribution in [1.29, 1.82) is 0 Å². The summed E-state index contributed by atoms with van der Waals surface area (Å²) in [4.78, 5) is 11.7. The van der Waals surface area contributed by atoms with Gasteiger partial charge in [0.1, 0.15) is 11.6 Å². The lowest BCUT2D eigenvalue weighted by atomic mass is 9.91. The Balaban J connectivity index is 2.48. The Hall–Kier alpha value is -2.36. The van der Waals surface area contributed by atoms with Crippen LogP contribution in [0.5, 0.6) is 5.75 Å². The van der Waals surface area contributed by atoms with Crippen LogP contribution in [0.15, 0.2) is 42.5 Å². The van der Waals surface area contributed by atoms with Crippen molar-refractivity contribution in [3.63, 3.8) is 0 Å². The van der Waals surface area contributed by atoms with Crippen LogP contribution >= 0.6 is 0 Å². The van der Waals surface area contributed by atoms with E-state index in [1.165, 1.54) is 12.1 Å². The zero-order chi connectivity index (χ0) is 18.4. The van der Waals surface area contributed by atoms with Crippen LogP contribution in [0.4, 0.5) is 4.39 Å². The highest BCUT2D eigenvalue weighted by molar-refractivity contribution is 5.78. The summed E-state index contributed by atoms with van der Waals surface area (Å²) in [7, 11) is 0. The summed E-state index contributed by atoms with van der Waals surface area (Å²) in [5.41, 5.74) is 2.38. The molecule has 4 heteroatoms. The molecule has 2 aromatic carbocycles. The van der Waals surface area contributed by atoms with Gasteiger partial charge in [0.2, 0.25) is 0 Å². The van der Waals surface area contributed by atoms with Gasteiger partial charge in [0.15, 0.2) is 0 Å². The molecular formula is C21H25FO3. The SMILES string of the molecule is CCCCC(C(=O)O)c1cc(OC(C)C)cc(-c2ccc(F)cc2)c1. The minimum atomic E-state index is -0.833. The van der Waals surface area contributed by atoms with E-state index in [2.05, 4.69) is 0 Å². The second-order valence-corrected chi connectivity index (χ2v) is 6.50. The van der Waals surface area contributed by atoms with Crippen molar-refractivity contribution < 1.29 is 19.0 Å². The number of carbonyl (C=O) groups is 1. The van der Waals surface area contributed by atoms with E-state index < -0.39 is 11.9 Å². The molecule has 1 N–H and O–H groups in total. The third kappa shape index (κ3) is 5.31. The molecule has 0 heterocycles. The monoisotopic (exact) mass is 344 g/mol. The van der Waals surface area contributed by atoms with Gasteiger partial charge >= 0.3 is 5.97 Å². The first-order chi connectivity index (χ1) is 11.9. The molecule has 2 rings (SSSR count). The molecule has 0 saturated carbocycles. The zero-order valence-electron chi connectivity index (χ0n) is 15.0. The molecule has 0 aliphatic rings. The second kappa shape index (κ2) is 8.65. The predicted octanol–water partition coefficient (Wildman–Crippen LogP) is 5.64. The number of carboxylic acid groups (broad SMARTS) is 1. The van der Waals surface area contributed by atoms with Gasteiger partial charge in [-0.3, -0.25) is 4.79 Å². The minimum absolute atomic E-state index is 0.0183. The summed E-state index contributed by atoms with van der Waals surface area (Å²) >= 11 is 0. The Morgan fingerprint density at radius 2 is 1.80 bits per heavy atom. The molecule has 1 unspecified atom stereocenters. The Bertz CT molecular complexity index is 708. The normalized spacial score (nSPS) is 12.2. The lowest BCUT2D eigenvalue weighted by Crippen LogP contribution is -2.13. The molecule has 0 amide bonds. The smallest absolute Gasteiger partial charge is 0.310 e. The van der Waals surface area contributed by atoms with Crippen LogP contribution in [0, 0.1) is 5.82 Å². The van der Waals surface area contributed by atoms with Crippen LogP contribution in [0.1, 0.15) is 51.5 Å². The van der Waals surface area contributed by atoms with E-state index in [-0.39, 0.29) is 11.9 Å². The van der Waals surface area contributed by atoms with Crippen molar-refractivity contribution in [2.24, 2.45) is 0 Å². The number of benzene rings is 2. The number of hydrogen-bond acceptors (Lipinski definition) is 2. The average molecular weight is 344 g/mol. The molecule has 0 aliphatic heterocycles. The summed E-state index contributed by atoms with van der Waals surface area (Å²) < 4.78 is 19.0. The van der Waals surface area contributed by atoms with E-state index in [0.717, 1.165) is 29.5 Å². The van der Waals surface area contributed by atoms with Gasteiger partial charge in [-0.05, 0) is 61.2 Å². The lowest BCUT2D eigenvalue weighted by Gasteiger charge is -2.17. The van der Waals surface area contributed by atoms with Crippen LogP contribution in [-0.4, -0.2) is 17.2 Å². The third-order valence-electron chi connectivity index (χ3n) is 4.03. The summed E-state index contributed by atoms with van der Waals surface area (Å²) in [6.45, 7) is 5.90. The number of aliphatic carboxylic acids is 1. The van der Waals surface area contributed by atoms with Crippen LogP contribution in [-0.2, 0) is 4.79 Å². The van der Waals surface area contributed by atoms with E-state index >= 15 is 0 Å². The number of unbranched alkanes of at least 4 members (excludes halogenated alkanes) is 1. The summed E-state index contributed by atoms with van der Waals surface area (Å²) in [5, 5.41) is 9.63. The van der Waals surface area contributed by atoms with Crippen molar-refractivity contribution >= 4 is 5.97 Å². The molecule has 0 aliphatic carbocycles. The molecule has 0 saturated heterocycles. The van der Waals surface area contributed by atoms with Crippen LogP contribution < -0.4 is 4.74 Å². The molecule has 0 aromatic heterocycles. The molecule has 134 valence electrons. The third-order valence-corrected chi connectivity index (χ3v) is 4.03. The second-order valence-electron chi connectivity index (χ2n) is 6.50. The van der Waals surface area contributed by atoms with Gasteiger partial charge in [0.05, 0.1) is 12.0 Å². The first-order valence-electron chi connectivity index (χ1n) is 8.71. The van der Waals surface area contributed by atoms with Crippen molar-refractivity contribution in [2.75, 3.05) is 0 Å². The van der Waals surface area contributed by atoms with E-state index in [1.807, 2.05) is 39.0 Å². The fourth-order valence-electron chi connectivity index (χ4n) is 2.81. The van der Waals surface area contributed by atoms with Crippen molar-refractivity contribution in [3.05, 3.63) is 53.8 Å². The minimum Gasteiger partial charge on any atom is -0.491 e. The van der Waals surface area contributed by atoms with Crippen LogP contribution in [0.3, 0.4) is 0 Å². The van der Waals surface area contributed by atoms with Gasteiger partial charge in [0.25, 0.3) is 0 Å². The highest BCUT2D eigenvalue weighted by Crippen LogP contribution is 2.32. The summed E-state index contributed by atoms with van der Waals surface area (Å²) in [6, 6.07) is 11.7. The van der Waals surface area contributed by atoms with Gasteiger partial charge in [0, 0.05) is 0 Å². The number of ether oxygens (including phenoxy) is 1.